The van der Waals surface area contributed by atoms with Crippen molar-refractivity contribution >= 4 is 17.5 Å². The number of rotatable bonds is 3. The van der Waals surface area contributed by atoms with Crippen molar-refractivity contribution in [3.63, 3.8) is 0 Å². The van der Waals surface area contributed by atoms with Crippen LogP contribution in [0.3, 0.4) is 0 Å². The summed E-state index contributed by atoms with van der Waals surface area (Å²) in [5, 5.41) is 2.74. The molecule has 2 aromatic rings. The van der Waals surface area contributed by atoms with Gasteiger partial charge in [-0.2, -0.15) is 0 Å². The third kappa shape index (κ3) is 3.30. The number of carbonyl (C=O) groups excluding carboxylic acids is 2. The van der Waals surface area contributed by atoms with E-state index in [9.17, 15) is 9.59 Å². The molecule has 1 aromatic heterocycles. The minimum absolute atomic E-state index is 0.0530. The number of nitrogens with zero attached hydrogens (tertiary/aromatic N) is 2. The monoisotopic (exact) mass is 329 g/mol. The van der Waals surface area contributed by atoms with Crippen molar-refractivity contribution in [1.29, 1.82) is 0 Å². The van der Waals surface area contributed by atoms with E-state index >= 15 is 0 Å². The maximum Gasteiger partial charge on any atom is 0.293 e. The van der Waals surface area contributed by atoms with Crippen molar-refractivity contribution < 1.29 is 18.7 Å². The number of nitrogens with one attached hydrogen (secondary N) is 1. The van der Waals surface area contributed by atoms with Crippen LogP contribution in [0.25, 0.3) is 0 Å². The van der Waals surface area contributed by atoms with Crippen LogP contribution in [-0.4, -0.2) is 48.0 Å². The van der Waals surface area contributed by atoms with Gasteiger partial charge in [0.15, 0.2) is 6.39 Å². The first-order valence-corrected chi connectivity index (χ1v) is 7.75. The normalized spacial score (nSPS) is 14.5. The van der Waals surface area contributed by atoms with Crippen LogP contribution in [0.1, 0.15) is 32.2 Å². The number of oxazole rings is 1. The van der Waals surface area contributed by atoms with Crippen LogP contribution in [0.5, 0.6) is 0 Å². The predicted octanol–water partition coefficient (Wildman–Crippen LogP) is 2.02. The van der Waals surface area contributed by atoms with Gasteiger partial charge in [-0.1, -0.05) is 6.07 Å². The van der Waals surface area contributed by atoms with Gasteiger partial charge in [-0.25, -0.2) is 4.98 Å². The van der Waals surface area contributed by atoms with E-state index in [0.29, 0.717) is 43.2 Å². The van der Waals surface area contributed by atoms with Crippen molar-refractivity contribution in [2.75, 3.05) is 31.6 Å². The number of benzene rings is 1. The molecule has 0 bridgehead atoms. The van der Waals surface area contributed by atoms with E-state index < -0.39 is 5.91 Å². The molecule has 1 aliphatic rings. The Morgan fingerprint density at radius 1 is 1.21 bits per heavy atom. The van der Waals surface area contributed by atoms with Gasteiger partial charge in [-0.15, -0.1) is 0 Å². The smallest absolute Gasteiger partial charge is 0.293 e. The van der Waals surface area contributed by atoms with Crippen molar-refractivity contribution in [3.8, 4) is 0 Å². The van der Waals surface area contributed by atoms with Crippen molar-refractivity contribution in [1.82, 2.24) is 9.88 Å². The molecule has 7 heteroatoms. The third-order valence-corrected chi connectivity index (χ3v) is 3.98. The van der Waals surface area contributed by atoms with Gasteiger partial charge >= 0.3 is 0 Å². The Hall–Kier alpha value is -2.67. The van der Waals surface area contributed by atoms with E-state index in [1.165, 1.54) is 6.39 Å². The van der Waals surface area contributed by atoms with Gasteiger partial charge in [0.2, 0.25) is 5.76 Å². The zero-order valence-electron chi connectivity index (χ0n) is 13.7. The van der Waals surface area contributed by atoms with E-state index in [4.69, 9.17) is 9.15 Å². The standard InChI is InChI=1S/C17H19N3O4/c1-11-3-4-13(19-16(21)15-12(2)18-10-24-15)9-14(11)17(22)20-5-7-23-8-6-20/h3-4,9-10H,5-8H2,1-2H3,(H,19,21). The molecule has 0 radical (unpaired) electrons. The highest BCUT2D eigenvalue weighted by Gasteiger charge is 2.21. The largest absolute Gasteiger partial charge is 0.438 e. The van der Waals surface area contributed by atoms with E-state index in [-0.39, 0.29) is 11.7 Å². The summed E-state index contributed by atoms with van der Waals surface area (Å²) in [6.45, 7) is 5.82. The molecule has 24 heavy (non-hydrogen) atoms. The van der Waals surface area contributed by atoms with Crippen LogP contribution in [0.15, 0.2) is 29.0 Å². The van der Waals surface area contributed by atoms with Gasteiger partial charge in [0.25, 0.3) is 11.8 Å². The average Bonchev–Trinajstić information content (AvgIpc) is 3.03. The summed E-state index contributed by atoms with van der Waals surface area (Å²) in [5.74, 6) is -0.280. The zero-order chi connectivity index (χ0) is 17.1. The molecule has 0 unspecified atom stereocenters. The quantitative estimate of drug-likeness (QED) is 0.931. The molecule has 1 N–H and O–H groups in total. The topological polar surface area (TPSA) is 84.7 Å². The number of morpholine rings is 1. The van der Waals surface area contributed by atoms with Gasteiger partial charge in [-0.3, -0.25) is 9.59 Å². The Labute approximate surface area is 139 Å². The van der Waals surface area contributed by atoms with Gasteiger partial charge in [0.1, 0.15) is 0 Å². The first-order valence-electron chi connectivity index (χ1n) is 7.75. The molecule has 7 nitrogen and oxygen atoms in total. The Morgan fingerprint density at radius 3 is 2.62 bits per heavy atom. The zero-order valence-corrected chi connectivity index (χ0v) is 13.7. The van der Waals surface area contributed by atoms with Crippen molar-refractivity contribution in [2.45, 2.75) is 13.8 Å². The Balaban J connectivity index is 1.79. The van der Waals surface area contributed by atoms with Gasteiger partial charge < -0.3 is 19.4 Å². The molecule has 1 aliphatic heterocycles. The SMILES string of the molecule is Cc1ccc(NC(=O)c2ocnc2C)cc1C(=O)N1CCOCC1. The van der Waals surface area contributed by atoms with Crippen molar-refractivity contribution in [2.24, 2.45) is 0 Å². The van der Waals surface area contributed by atoms with Gasteiger partial charge in [0, 0.05) is 24.3 Å². The van der Waals surface area contributed by atoms with E-state index in [0.717, 1.165) is 5.56 Å². The fourth-order valence-corrected chi connectivity index (χ4v) is 2.57. The predicted molar refractivity (Wildman–Crippen MR) is 87.1 cm³/mol. The van der Waals surface area contributed by atoms with Crippen LogP contribution in [0.4, 0.5) is 5.69 Å². The summed E-state index contributed by atoms with van der Waals surface area (Å²) in [7, 11) is 0. The molecule has 1 aromatic carbocycles. The molecule has 0 atom stereocenters. The minimum Gasteiger partial charge on any atom is -0.438 e. The molecular weight excluding hydrogens is 310 g/mol. The second-order valence-electron chi connectivity index (χ2n) is 5.66. The number of hydrogen-bond acceptors (Lipinski definition) is 5. The number of hydrogen-bond donors (Lipinski definition) is 1. The molecule has 126 valence electrons. The Morgan fingerprint density at radius 2 is 1.96 bits per heavy atom. The summed E-state index contributed by atoms with van der Waals surface area (Å²) in [4.78, 5) is 30.5. The molecule has 2 amide bonds. The van der Waals surface area contributed by atoms with E-state index in [1.807, 2.05) is 13.0 Å². The summed E-state index contributed by atoms with van der Waals surface area (Å²) in [6, 6.07) is 5.27. The summed E-state index contributed by atoms with van der Waals surface area (Å²) < 4.78 is 10.4. The number of aromatic nitrogens is 1. The van der Waals surface area contributed by atoms with Crippen LogP contribution in [0.2, 0.25) is 0 Å². The number of anilines is 1. The lowest BCUT2D eigenvalue weighted by atomic mass is 10.1. The highest BCUT2D eigenvalue weighted by Crippen LogP contribution is 2.19. The summed E-state index contributed by atoms with van der Waals surface area (Å²) >= 11 is 0. The maximum atomic E-state index is 12.7. The number of carbonyl (C=O) groups is 2. The summed E-state index contributed by atoms with van der Waals surface area (Å²) in [5.41, 5.74) is 2.49. The molecule has 1 fully saturated rings. The first-order chi connectivity index (χ1) is 11.6. The highest BCUT2D eigenvalue weighted by atomic mass is 16.5. The molecule has 0 spiro atoms. The molecular formula is C17H19N3O4. The second kappa shape index (κ2) is 6.84. The highest BCUT2D eigenvalue weighted by molar-refractivity contribution is 6.04. The van der Waals surface area contributed by atoms with E-state index in [1.54, 1.807) is 24.0 Å². The molecule has 0 aliphatic carbocycles. The number of amides is 2. The molecule has 3 rings (SSSR count). The fraction of sp³-hybridized carbons (Fsp3) is 0.353. The van der Waals surface area contributed by atoms with Gasteiger partial charge in [0.05, 0.1) is 18.9 Å². The third-order valence-electron chi connectivity index (χ3n) is 3.98. The fourth-order valence-electron chi connectivity index (χ4n) is 2.57. The number of ether oxygens (including phenoxy) is 1. The lowest BCUT2D eigenvalue weighted by Crippen LogP contribution is -2.41. The Bertz CT molecular complexity index is 763. The van der Waals surface area contributed by atoms with Crippen molar-refractivity contribution in [3.05, 3.63) is 47.2 Å². The average molecular weight is 329 g/mol. The second-order valence-corrected chi connectivity index (χ2v) is 5.66. The minimum atomic E-state index is -0.390. The lowest BCUT2D eigenvalue weighted by Gasteiger charge is -2.27. The molecule has 1 saturated heterocycles. The maximum absolute atomic E-state index is 12.7. The van der Waals surface area contributed by atoms with Crippen LogP contribution in [-0.2, 0) is 4.74 Å². The van der Waals surface area contributed by atoms with Crippen LogP contribution < -0.4 is 5.32 Å². The van der Waals surface area contributed by atoms with Crippen LogP contribution >= 0.6 is 0 Å². The molecule has 0 saturated carbocycles. The number of aryl methyl sites for hydroxylation is 2. The summed E-state index contributed by atoms with van der Waals surface area (Å²) in [6.07, 6.45) is 1.23. The van der Waals surface area contributed by atoms with Gasteiger partial charge in [-0.05, 0) is 31.5 Å². The first kappa shape index (κ1) is 16.2. The Kier molecular flexibility index (Phi) is 4.61. The lowest BCUT2D eigenvalue weighted by molar-refractivity contribution is 0.0302. The van der Waals surface area contributed by atoms with Crippen LogP contribution in [0, 0.1) is 13.8 Å². The van der Waals surface area contributed by atoms with E-state index in [2.05, 4.69) is 10.3 Å². The molecule has 2 heterocycles.